The highest BCUT2D eigenvalue weighted by Crippen LogP contribution is 2.30. The van der Waals surface area contributed by atoms with Crippen molar-refractivity contribution in [2.45, 2.75) is 76.4 Å². The molecule has 0 aliphatic heterocycles. The predicted molar refractivity (Wildman–Crippen MR) is 162 cm³/mol. The van der Waals surface area contributed by atoms with E-state index in [0.29, 0.717) is 36.8 Å². The van der Waals surface area contributed by atoms with E-state index in [1.807, 2.05) is 12.2 Å². The van der Waals surface area contributed by atoms with Crippen LogP contribution in [-0.4, -0.2) is 53.7 Å². The summed E-state index contributed by atoms with van der Waals surface area (Å²) >= 11 is 0. The molecule has 1 saturated carbocycles. The van der Waals surface area contributed by atoms with Crippen molar-refractivity contribution >= 4 is 34.3 Å². The zero-order valence-corrected chi connectivity index (χ0v) is 24.8. The molecular formula is C30H34N4O12. The van der Waals surface area contributed by atoms with Crippen LogP contribution in [0.5, 0.6) is 0 Å². The van der Waals surface area contributed by atoms with Crippen molar-refractivity contribution in [2.75, 3.05) is 0 Å². The zero-order valence-electron chi connectivity index (χ0n) is 24.8. The van der Waals surface area contributed by atoms with Gasteiger partial charge in [0.25, 0.3) is 22.7 Å². The van der Waals surface area contributed by atoms with Gasteiger partial charge in [0.1, 0.15) is 11.6 Å². The van der Waals surface area contributed by atoms with Crippen molar-refractivity contribution in [3.05, 3.63) is 100 Å². The number of ketones is 2. The van der Waals surface area contributed by atoms with Crippen LogP contribution in [0.1, 0.15) is 62.5 Å². The fraction of sp³-hybridized carbons (Fsp3) is 0.467. The van der Waals surface area contributed by atoms with Gasteiger partial charge in [-0.15, -0.1) is 0 Å². The van der Waals surface area contributed by atoms with E-state index < -0.39 is 31.9 Å². The van der Waals surface area contributed by atoms with E-state index in [1.54, 1.807) is 0 Å². The molecule has 2 unspecified atom stereocenters. The number of carbonyl (C=O) groups excluding carboxylic acids is 2. The molecule has 0 aromatic heterocycles. The number of Topliss-reactive ketones (excluding diaryl/α,β-unsaturated/α-hetero) is 2. The van der Waals surface area contributed by atoms with Crippen molar-refractivity contribution in [3.63, 3.8) is 0 Å². The fourth-order valence-electron chi connectivity index (χ4n) is 5.55. The van der Waals surface area contributed by atoms with Crippen LogP contribution < -0.4 is 0 Å². The van der Waals surface area contributed by atoms with Crippen LogP contribution in [-0.2, 0) is 22.4 Å². The summed E-state index contributed by atoms with van der Waals surface area (Å²) in [6.45, 7) is 0. The summed E-state index contributed by atoms with van der Waals surface area (Å²) in [7, 11) is 0. The van der Waals surface area contributed by atoms with E-state index >= 15 is 0 Å². The van der Waals surface area contributed by atoms with Gasteiger partial charge < -0.3 is 10.2 Å². The summed E-state index contributed by atoms with van der Waals surface area (Å²) in [4.78, 5) is 64.7. The highest BCUT2D eigenvalue weighted by atomic mass is 16.6. The average Bonchev–Trinajstić information content (AvgIpc) is 3.67. The van der Waals surface area contributed by atoms with Gasteiger partial charge in [-0.05, 0) is 63.5 Å². The second-order valence-electron chi connectivity index (χ2n) is 11.2. The largest absolute Gasteiger partial charge is 0.390 e. The van der Waals surface area contributed by atoms with E-state index in [2.05, 4.69) is 0 Å². The topological polar surface area (TPSA) is 247 Å². The third kappa shape index (κ3) is 9.77. The minimum absolute atomic E-state index is 0.0480. The van der Waals surface area contributed by atoms with E-state index in [9.17, 15) is 60.3 Å². The molecule has 2 aromatic rings. The maximum absolute atomic E-state index is 12.0. The number of hydrogen-bond donors (Lipinski definition) is 2. The number of hydrogen-bond acceptors (Lipinski definition) is 12. The number of allylic oxidation sites excluding steroid dienone is 2. The summed E-state index contributed by atoms with van der Waals surface area (Å²) < 4.78 is 0. The number of aliphatic hydroxyl groups is 2. The van der Waals surface area contributed by atoms with Gasteiger partial charge in [-0.1, -0.05) is 12.2 Å². The van der Waals surface area contributed by atoms with Crippen LogP contribution in [0.4, 0.5) is 22.7 Å². The zero-order chi connectivity index (χ0) is 34.0. The Balaban J connectivity index is 0.000000251. The van der Waals surface area contributed by atoms with Gasteiger partial charge in [0, 0.05) is 47.9 Å². The Morgan fingerprint density at radius 2 is 1.02 bits per heavy atom. The van der Waals surface area contributed by atoms with Crippen LogP contribution in [0.2, 0.25) is 0 Å². The lowest BCUT2D eigenvalue weighted by molar-refractivity contribution is -0.394. The van der Waals surface area contributed by atoms with E-state index in [1.165, 1.54) is 24.3 Å². The second kappa shape index (κ2) is 16.4. The predicted octanol–water partition coefficient (Wildman–Crippen LogP) is 4.89. The molecule has 4 rings (SSSR count). The summed E-state index contributed by atoms with van der Waals surface area (Å²) in [5.74, 6) is -0.251. The van der Waals surface area contributed by atoms with Gasteiger partial charge in [0.15, 0.2) is 0 Å². The Hall–Kier alpha value is -4.96. The molecule has 1 fully saturated rings. The molecular weight excluding hydrogens is 608 g/mol. The minimum atomic E-state index is -0.880. The molecule has 0 saturated heterocycles. The maximum atomic E-state index is 12.0. The fourth-order valence-corrected chi connectivity index (χ4v) is 5.55. The van der Waals surface area contributed by atoms with Gasteiger partial charge in [-0.25, -0.2) is 0 Å². The van der Waals surface area contributed by atoms with Gasteiger partial charge >= 0.3 is 0 Å². The SMILES string of the molecule is O=C(CCCc1ccc([N+](=O)[O-])cc1[N+](=O)[O-])C1CC(O)C(O)C1.O=C(CCCc1ccc([N+](=O)[O-])cc1[N+](=O)[O-])C1CC=CC1. The minimum Gasteiger partial charge on any atom is -0.390 e. The molecule has 0 spiro atoms. The van der Waals surface area contributed by atoms with Gasteiger partial charge in [-0.3, -0.25) is 50.0 Å². The molecule has 2 aliphatic rings. The lowest BCUT2D eigenvalue weighted by Crippen LogP contribution is -2.17. The van der Waals surface area contributed by atoms with Crippen molar-refractivity contribution in [3.8, 4) is 0 Å². The first-order valence-electron chi connectivity index (χ1n) is 14.7. The molecule has 2 atom stereocenters. The Morgan fingerprint density at radius 3 is 1.39 bits per heavy atom. The number of nitro groups is 4. The highest BCUT2D eigenvalue weighted by molar-refractivity contribution is 5.82. The van der Waals surface area contributed by atoms with E-state index in [0.717, 1.165) is 25.0 Å². The molecule has 2 aliphatic carbocycles. The monoisotopic (exact) mass is 642 g/mol. The van der Waals surface area contributed by atoms with E-state index in [-0.39, 0.29) is 71.8 Å². The van der Waals surface area contributed by atoms with Gasteiger partial charge in [0.2, 0.25) is 0 Å². The molecule has 16 nitrogen and oxygen atoms in total. The summed E-state index contributed by atoms with van der Waals surface area (Å²) in [6, 6.07) is 7.08. The van der Waals surface area contributed by atoms with Crippen molar-refractivity contribution in [1.82, 2.24) is 0 Å². The number of aryl methyl sites for hydroxylation is 2. The molecule has 0 heterocycles. The van der Waals surface area contributed by atoms with Crippen molar-refractivity contribution in [2.24, 2.45) is 11.8 Å². The number of aliphatic hydroxyl groups excluding tert-OH is 2. The number of benzene rings is 2. The molecule has 16 heteroatoms. The molecule has 46 heavy (non-hydrogen) atoms. The summed E-state index contributed by atoms with van der Waals surface area (Å²) in [5.41, 5.74) is -0.482. The van der Waals surface area contributed by atoms with Gasteiger partial charge in [-0.2, -0.15) is 0 Å². The van der Waals surface area contributed by atoms with E-state index in [4.69, 9.17) is 0 Å². The molecule has 0 bridgehead atoms. The van der Waals surface area contributed by atoms with Gasteiger partial charge in [0.05, 0.1) is 44.0 Å². The van der Waals surface area contributed by atoms with Crippen LogP contribution in [0.3, 0.4) is 0 Å². The first-order valence-corrected chi connectivity index (χ1v) is 14.7. The number of carbonyl (C=O) groups is 2. The Kier molecular flexibility index (Phi) is 12.6. The first kappa shape index (κ1) is 35.5. The lowest BCUT2D eigenvalue weighted by atomic mass is 9.96. The molecule has 2 aromatic carbocycles. The van der Waals surface area contributed by atoms with Crippen LogP contribution in [0.15, 0.2) is 48.6 Å². The third-order valence-electron chi connectivity index (χ3n) is 8.11. The number of nitro benzene ring substituents is 4. The van der Waals surface area contributed by atoms with Crippen molar-refractivity contribution in [1.29, 1.82) is 0 Å². The highest BCUT2D eigenvalue weighted by Gasteiger charge is 2.35. The smallest absolute Gasteiger partial charge is 0.279 e. The average molecular weight is 643 g/mol. The standard InChI is InChI=1S/C15H18N2O7.C15H16N2O5/c18-13(10-6-14(19)15(20)7-10)3-1-2-9-4-5-11(16(21)22)8-12(9)17(23)24;18-15(12-4-1-2-5-12)7-3-6-11-8-9-13(16(19)20)10-14(11)17(21)22/h4-5,8,10,14-15,19-20H,1-3,6-7H2;1-2,8-10,12H,3-7H2. The molecule has 0 radical (unpaired) electrons. The summed E-state index contributed by atoms with van der Waals surface area (Å²) in [5, 5.41) is 62.3. The molecule has 2 N–H and O–H groups in total. The van der Waals surface area contributed by atoms with Crippen LogP contribution in [0, 0.1) is 52.3 Å². The first-order chi connectivity index (χ1) is 21.8. The second-order valence-corrected chi connectivity index (χ2v) is 11.2. The quantitative estimate of drug-likeness (QED) is 0.159. The van der Waals surface area contributed by atoms with Crippen LogP contribution >= 0.6 is 0 Å². The number of nitrogens with zero attached hydrogens (tertiary/aromatic N) is 4. The lowest BCUT2D eigenvalue weighted by Gasteiger charge is -2.08. The Bertz CT molecular complexity index is 1510. The number of rotatable bonds is 14. The van der Waals surface area contributed by atoms with Crippen molar-refractivity contribution < 1.29 is 39.5 Å². The Labute approximate surface area is 262 Å². The Morgan fingerprint density at radius 1 is 0.630 bits per heavy atom. The third-order valence-corrected chi connectivity index (χ3v) is 8.11. The normalized spacial score (nSPS) is 18.9. The van der Waals surface area contributed by atoms with Crippen LogP contribution in [0.25, 0.3) is 0 Å². The maximum Gasteiger partial charge on any atom is 0.279 e. The number of non-ortho nitro benzene ring substituents is 2. The molecule has 246 valence electrons. The molecule has 0 amide bonds. The summed E-state index contributed by atoms with van der Waals surface area (Å²) in [6.07, 6.45) is 6.27.